The average molecular weight is 332 g/mol. The highest BCUT2D eigenvalue weighted by Crippen LogP contribution is 2.73. The molecular formula is C18H20O6. The van der Waals surface area contributed by atoms with Gasteiger partial charge < -0.3 is 19.7 Å². The molecule has 24 heavy (non-hydrogen) atoms. The van der Waals surface area contributed by atoms with Crippen LogP contribution in [0.25, 0.3) is 0 Å². The van der Waals surface area contributed by atoms with Gasteiger partial charge in [0.1, 0.15) is 0 Å². The molecule has 3 fully saturated rings. The van der Waals surface area contributed by atoms with E-state index in [1.54, 1.807) is 6.08 Å². The van der Waals surface area contributed by atoms with Gasteiger partial charge in [-0.3, -0.25) is 9.59 Å². The lowest BCUT2D eigenvalue weighted by Crippen LogP contribution is -2.72. The minimum atomic E-state index is -1.15. The minimum absolute atomic E-state index is 0.106. The number of epoxide rings is 2. The third-order valence-corrected chi connectivity index (χ3v) is 7.18. The van der Waals surface area contributed by atoms with Crippen molar-refractivity contribution < 1.29 is 29.3 Å². The first kappa shape index (κ1) is 15.0. The molecule has 0 aromatic heterocycles. The molecule has 0 radical (unpaired) electrons. The molecule has 6 aliphatic rings. The van der Waals surface area contributed by atoms with E-state index in [9.17, 15) is 19.8 Å². The van der Waals surface area contributed by atoms with Crippen LogP contribution in [0.1, 0.15) is 13.8 Å². The van der Waals surface area contributed by atoms with E-state index < -0.39 is 28.6 Å². The predicted octanol–water partition coefficient (Wildman–Crippen LogP) is -0.214. The molecule has 2 aliphatic heterocycles. The fourth-order valence-electron chi connectivity index (χ4n) is 5.98. The third kappa shape index (κ3) is 1.23. The summed E-state index contributed by atoms with van der Waals surface area (Å²) in [6, 6.07) is 0. The Morgan fingerprint density at radius 3 is 2.29 bits per heavy atom. The van der Waals surface area contributed by atoms with Crippen LogP contribution in [0.4, 0.5) is 0 Å². The van der Waals surface area contributed by atoms with E-state index in [0.717, 1.165) is 5.57 Å². The highest BCUT2D eigenvalue weighted by molar-refractivity contribution is 6.08. The molecule has 6 nitrogen and oxygen atoms in total. The lowest BCUT2D eigenvalue weighted by molar-refractivity contribution is -0.169. The van der Waals surface area contributed by atoms with Crippen molar-refractivity contribution in [2.45, 2.75) is 25.0 Å². The zero-order valence-corrected chi connectivity index (χ0v) is 13.7. The fourth-order valence-corrected chi connectivity index (χ4v) is 5.98. The van der Waals surface area contributed by atoms with E-state index in [4.69, 9.17) is 9.47 Å². The summed E-state index contributed by atoms with van der Waals surface area (Å²) < 4.78 is 11.3. The number of carbonyl (C=O) groups excluding carboxylic acids is 2. The van der Waals surface area contributed by atoms with Crippen LogP contribution >= 0.6 is 0 Å². The molecule has 2 heterocycles. The van der Waals surface area contributed by atoms with E-state index in [1.165, 1.54) is 0 Å². The first-order chi connectivity index (χ1) is 11.3. The highest BCUT2D eigenvalue weighted by atomic mass is 16.6. The van der Waals surface area contributed by atoms with Crippen molar-refractivity contribution in [2.75, 3.05) is 26.4 Å². The summed E-state index contributed by atoms with van der Waals surface area (Å²) in [6.07, 6.45) is 3.58. The fraction of sp³-hybridized carbons (Fsp3) is 0.667. The van der Waals surface area contributed by atoms with Gasteiger partial charge in [-0.15, -0.1) is 0 Å². The Balaban J connectivity index is 1.84. The number of aliphatic hydroxyl groups is 2. The maximum absolute atomic E-state index is 13.3. The topological polar surface area (TPSA) is 99.7 Å². The Morgan fingerprint density at radius 2 is 1.79 bits per heavy atom. The first-order valence-electron chi connectivity index (χ1n) is 8.33. The van der Waals surface area contributed by atoms with Crippen molar-refractivity contribution in [3.8, 4) is 0 Å². The van der Waals surface area contributed by atoms with Crippen LogP contribution in [0.15, 0.2) is 23.3 Å². The van der Waals surface area contributed by atoms with E-state index in [0.29, 0.717) is 13.2 Å². The van der Waals surface area contributed by atoms with E-state index in [-0.39, 0.29) is 35.6 Å². The maximum Gasteiger partial charge on any atom is 0.195 e. The molecule has 2 spiro atoms. The number of aliphatic hydroxyl groups excluding tert-OH is 2. The second kappa shape index (κ2) is 3.90. The van der Waals surface area contributed by atoms with Gasteiger partial charge in [0.15, 0.2) is 22.8 Å². The molecule has 4 aliphatic carbocycles. The zero-order valence-electron chi connectivity index (χ0n) is 13.7. The van der Waals surface area contributed by atoms with Gasteiger partial charge in [-0.2, -0.15) is 0 Å². The van der Waals surface area contributed by atoms with Crippen LogP contribution in [0, 0.1) is 22.7 Å². The Labute approximate surface area is 139 Å². The zero-order chi connectivity index (χ0) is 17.1. The number of hydrogen-bond donors (Lipinski definition) is 2. The number of ether oxygens (including phenoxy) is 2. The molecule has 2 bridgehead atoms. The lowest BCUT2D eigenvalue weighted by atomic mass is 9.38. The summed E-state index contributed by atoms with van der Waals surface area (Å²) in [5.41, 5.74) is -2.60. The molecular weight excluding hydrogens is 312 g/mol. The summed E-state index contributed by atoms with van der Waals surface area (Å²) in [7, 11) is 0. The third-order valence-electron chi connectivity index (χ3n) is 7.18. The highest BCUT2D eigenvalue weighted by Gasteiger charge is 2.83. The van der Waals surface area contributed by atoms with Crippen molar-refractivity contribution >= 4 is 11.6 Å². The van der Waals surface area contributed by atoms with E-state index in [2.05, 4.69) is 0 Å². The first-order valence-corrected chi connectivity index (χ1v) is 8.33. The van der Waals surface area contributed by atoms with E-state index in [1.807, 2.05) is 19.9 Å². The molecule has 6 heteroatoms. The van der Waals surface area contributed by atoms with Crippen LogP contribution in [0.2, 0.25) is 0 Å². The Kier molecular flexibility index (Phi) is 2.43. The quantitative estimate of drug-likeness (QED) is 0.536. The van der Waals surface area contributed by atoms with E-state index >= 15 is 0 Å². The molecule has 2 saturated heterocycles. The Morgan fingerprint density at radius 1 is 1.17 bits per heavy atom. The Hall–Kier alpha value is -1.34. The van der Waals surface area contributed by atoms with Gasteiger partial charge in [0.05, 0.1) is 31.8 Å². The molecule has 0 aromatic carbocycles. The van der Waals surface area contributed by atoms with Crippen LogP contribution in [-0.2, 0) is 19.1 Å². The van der Waals surface area contributed by atoms with Crippen molar-refractivity contribution in [1.29, 1.82) is 0 Å². The SMILES string of the molecule is CC1=C[C@@]2(CO)C(=O)[C@]3(CO3)[C@@H]1[C@H]1[C@]2(C)C=C(CO)C(=O)[C@]12CO2. The van der Waals surface area contributed by atoms with Crippen LogP contribution < -0.4 is 0 Å². The maximum atomic E-state index is 13.3. The molecule has 0 aromatic rings. The largest absolute Gasteiger partial charge is 0.395 e. The predicted molar refractivity (Wildman–Crippen MR) is 80.9 cm³/mol. The molecule has 0 unspecified atom stereocenters. The number of carbonyl (C=O) groups is 2. The van der Waals surface area contributed by atoms with Gasteiger partial charge in [0, 0.05) is 22.8 Å². The van der Waals surface area contributed by atoms with Crippen LogP contribution in [0.3, 0.4) is 0 Å². The minimum Gasteiger partial charge on any atom is -0.395 e. The van der Waals surface area contributed by atoms with Crippen molar-refractivity contribution in [3.05, 3.63) is 23.3 Å². The Bertz CT molecular complexity index is 755. The van der Waals surface area contributed by atoms with Crippen LogP contribution in [-0.4, -0.2) is 59.4 Å². The summed E-state index contributed by atoms with van der Waals surface area (Å²) in [5, 5.41) is 19.9. The molecule has 128 valence electrons. The standard InChI is InChI=1S/C18H20O6/c1-9-3-16(6-20)14(22)17(7-23-17)11(9)12-15(16,2)4-10(5-19)13(21)18(12)8-24-18/h3-4,11-12,19-20H,5-8H2,1-2H3/t11-,12-,15-,16+,17-,18-/m0/s1. The van der Waals surface area contributed by atoms with Gasteiger partial charge in [0.2, 0.25) is 0 Å². The normalized spacial score (nSPS) is 54.0. The average Bonchev–Trinajstić information content (AvgIpc) is 3.45. The second-order valence-corrected chi connectivity index (χ2v) is 8.10. The number of Topliss-reactive ketones (excluding diaryl/α,β-unsaturated/α-hetero) is 2. The van der Waals surface area contributed by atoms with Gasteiger partial charge in [-0.1, -0.05) is 24.6 Å². The van der Waals surface area contributed by atoms with Crippen molar-refractivity contribution in [3.63, 3.8) is 0 Å². The number of rotatable bonds is 2. The smallest absolute Gasteiger partial charge is 0.195 e. The summed E-state index contributed by atoms with van der Waals surface area (Å²) in [6.45, 7) is 3.72. The molecule has 1 saturated carbocycles. The van der Waals surface area contributed by atoms with Gasteiger partial charge in [-0.05, 0) is 6.92 Å². The van der Waals surface area contributed by atoms with Gasteiger partial charge >= 0.3 is 0 Å². The van der Waals surface area contributed by atoms with Crippen LogP contribution in [0.5, 0.6) is 0 Å². The molecule has 0 amide bonds. The summed E-state index contributed by atoms with van der Waals surface area (Å²) >= 11 is 0. The molecule has 2 N–H and O–H groups in total. The van der Waals surface area contributed by atoms with Crippen molar-refractivity contribution in [1.82, 2.24) is 0 Å². The molecule has 6 rings (SSSR count). The van der Waals surface area contributed by atoms with Gasteiger partial charge in [-0.25, -0.2) is 0 Å². The summed E-state index contributed by atoms with van der Waals surface area (Å²) in [5.74, 6) is -0.800. The number of allylic oxidation sites excluding steroid dienone is 1. The number of hydrogen-bond acceptors (Lipinski definition) is 6. The lowest BCUT2D eigenvalue weighted by Gasteiger charge is -2.63. The number of ketones is 2. The molecule has 6 atom stereocenters. The van der Waals surface area contributed by atoms with Gasteiger partial charge in [0.25, 0.3) is 0 Å². The monoisotopic (exact) mass is 332 g/mol. The summed E-state index contributed by atoms with van der Waals surface area (Å²) in [4.78, 5) is 26.2. The second-order valence-electron chi connectivity index (χ2n) is 8.10. The van der Waals surface area contributed by atoms with Crippen molar-refractivity contribution in [2.24, 2.45) is 22.7 Å².